The summed E-state index contributed by atoms with van der Waals surface area (Å²) in [5.74, 6) is 1.25. The van der Waals surface area contributed by atoms with Crippen molar-refractivity contribution in [3.8, 4) is 6.07 Å². The van der Waals surface area contributed by atoms with Crippen LogP contribution in [0.25, 0.3) is 0 Å². The van der Waals surface area contributed by atoms with Gasteiger partial charge in [-0.05, 0) is 71.5 Å². The van der Waals surface area contributed by atoms with Gasteiger partial charge in [-0.15, -0.1) is 0 Å². The smallest absolute Gasteiger partial charge is 0.232 e. The molecule has 2 heterocycles. The summed E-state index contributed by atoms with van der Waals surface area (Å²) in [4.78, 5) is 26.2. The highest BCUT2D eigenvalue weighted by molar-refractivity contribution is 5.79. The molecule has 1 unspecified atom stereocenters. The summed E-state index contributed by atoms with van der Waals surface area (Å²) in [6, 6.07) is 4.32. The van der Waals surface area contributed by atoms with E-state index in [-0.39, 0.29) is 5.92 Å². The zero-order valence-corrected chi connectivity index (χ0v) is 19.5. The lowest BCUT2D eigenvalue weighted by molar-refractivity contribution is -0.137. The molecule has 170 valence electrons. The van der Waals surface area contributed by atoms with Gasteiger partial charge in [-0.2, -0.15) is 5.26 Å². The van der Waals surface area contributed by atoms with Crippen molar-refractivity contribution in [2.75, 3.05) is 32.7 Å². The summed E-state index contributed by atoms with van der Waals surface area (Å²) in [6.45, 7) is 8.63. The van der Waals surface area contributed by atoms with E-state index in [2.05, 4.69) is 40.9 Å². The van der Waals surface area contributed by atoms with Crippen LogP contribution in [0.5, 0.6) is 0 Å². The number of carbonyl (C=O) groups excluding carboxylic acids is 1. The molecule has 1 amide bonds. The van der Waals surface area contributed by atoms with Gasteiger partial charge in [-0.25, -0.2) is 9.97 Å². The fourth-order valence-electron chi connectivity index (χ4n) is 5.22. The number of hydrogen-bond donors (Lipinski definition) is 0. The van der Waals surface area contributed by atoms with Gasteiger partial charge in [-0.3, -0.25) is 4.79 Å². The van der Waals surface area contributed by atoms with Gasteiger partial charge in [0.05, 0.1) is 5.92 Å². The van der Waals surface area contributed by atoms with E-state index in [0.717, 1.165) is 69.8 Å². The van der Waals surface area contributed by atoms with Gasteiger partial charge < -0.3 is 9.80 Å². The Balaban J connectivity index is 1.55. The predicted molar refractivity (Wildman–Crippen MR) is 123 cm³/mol. The third-order valence-electron chi connectivity index (χ3n) is 7.01. The second-order valence-electron chi connectivity index (χ2n) is 9.16. The summed E-state index contributed by atoms with van der Waals surface area (Å²) in [5, 5.41) is 9.42. The number of aryl methyl sites for hydroxylation is 1. The maximum atomic E-state index is 12.7. The van der Waals surface area contributed by atoms with E-state index in [1.807, 2.05) is 4.90 Å². The first-order chi connectivity index (χ1) is 15.1. The highest BCUT2D eigenvalue weighted by Gasteiger charge is 2.28. The SMILES string of the molecule is CCN(CC)C(=O)C1CCCN(CCCc2cc(C3CCCCCC3)nc(C#N)n2)C1. The molecule has 2 aliphatic rings. The topological polar surface area (TPSA) is 73.1 Å². The fourth-order valence-corrected chi connectivity index (χ4v) is 5.22. The van der Waals surface area contributed by atoms with Crippen LogP contribution in [0.2, 0.25) is 0 Å². The molecule has 0 N–H and O–H groups in total. The van der Waals surface area contributed by atoms with Gasteiger partial charge >= 0.3 is 0 Å². The molecule has 1 saturated carbocycles. The van der Waals surface area contributed by atoms with E-state index in [4.69, 9.17) is 0 Å². The number of amides is 1. The summed E-state index contributed by atoms with van der Waals surface area (Å²) < 4.78 is 0. The van der Waals surface area contributed by atoms with Gasteiger partial charge in [0.1, 0.15) is 6.07 Å². The molecule has 1 aliphatic carbocycles. The first-order valence-electron chi connectivity index (χ1n) is 12.4. The maximum Gasteiger partial charge on any atom is 0.232 e. The van der Waals surface area contributed by atoms with Crippen LogP contribution in [-0.4, -0.2) is 58.4 Å². The lowest BCUT2D eigenvalue weighted by Crippen LogP contribution is -2.45. The normalized spacial score (nSPS) is 20.7. The molecule has 1 aromatic heterocycles. The molecule has 0 aromatic carbocycles. The Kier molecular flexibility index (Phi) is 9.27. The van der Waals surface area contributed by atoms with E-state index in [1.165, 1.54) is 38.5 Å². The maximum absolute atomic E-state index is 12.7. The summed E-state index contributed by atoms with van der Waals surface area (Å²) in [6.07, 6.45) is 11.5. The van der Waals surface area contributed by atoms with Gasteiger partial charge in [-0.1, -0.05) is 25.7 Å². The number of carbonyl (C=O) groups is 1. The van der Waals surface area contributed by atoms with Crippen LogP contribution < -0.4 is 0 Å². The molecule has 1 aliphatic heterocycles. The number of piperidine rings is 1. The predicted octanol–water partition coefficient (Wildman–Crippen LogP) is 4.30. The van der Waals surface area contributed by atoms with Crippen LogP contribution in [0.3, 0.4) is 0 Å². The lowest BCUT2D eigenvalue weighted by atomic mass is 9.95. The average molecular weight is 426 g/mol. The van der Waals surface area contributed by atoms with Crippen LogP contribution in [0.15, 0.2) is 6.07 Å². The van der Waals surface area contributed by atoms with E-state index >= 15 is 0 Å². The standard InChI is InChI=1S/C25H39N5O/c1-3-30(4-2)25(31)21-13-9-15-29(19-21)16-10-14-22-17-23(28-24(18-26)27-22)20-11-7-5-6-8-12-20/h17,20-21H,3-16,19H2,1-2H3. The van der Waals surface area contributed by atoms with Crippen molar-refractivity contribution in [1.82, 2.24) is 19.8 Å². The Morgan fingerprint density at radius 1 is 1.13 bits per heavy atom. The molecule has 1 atom stereocenters. The van der Waals surface area contributed by atoms with E-state index in [1.54, 1.807) is 0 Å². The third-order valence-corrected chi connectivity index (χ3v) is 7.01. The Labute approximate surface area is 188 Å². The molecule has 0 bridgehead atoms. The first-order valence-corrected chi connectivity index (χ1v) is 12.4. The zero-order chi connectivity index (χ0) is 22.1. The van der Waals surface area contributed by atoms with Gasteiger partial charge in [0.25, 0.3) is 0 Å². The molecule has 1 aromatic rings. The highest BCUT2D eigenvalue weighted by Crippen LogP contribution is 2.31. The molecule has 0 radical (unpaired) electrons. The van der Waals surface area contributed by atoms with Crippen molar-refractivity contribution in [2.45, 2.75) is 84.0 Å². The van der Waals surface area contributed by atoms with E-state index in [9.17, 15) is 10.1 Å². The first kappa shape index (κ1) is 23.7. The number of hydrogen-bond acceptors (Lipinski definition) is 5. The van der Waals surface area contributed by atoms with Crippen molar-refractivity contribution in [3.05, 3.63) is 23.3 Å². The molecule has 6 nitrogen and oxygen atoms in total. The fraction of sp³-hybridized carbons (Fsp3) is 0.760. The Bertz CT molecular complexity index is 747. The van der Waals surface area contributed by atoms with E-state index < -0.39 is 0 Å². The number of nitrogens with zero attached hydrogens (tertiary/aromatic N) is 5. The summed E-state index contributed by atoms with van der Waals surface area (Å²) in [7, 11) is 0. The molecule has 0 spiro atoms. The molecule has 3 rings (SSSR count). The average Bonchev–Trinajstić information content (AvgIpc) is 3.09. The van der Waals surface area contributed by atoms with Gasteiger partial charge in [0.15, 0.2) is 0 Å². The minimum Gasteiger partial charge on any atom is -0.343 e. The minimum absolute atomic E-state index is 0.139. The second kappa shape index (κ2) is 12.1. The van der Waals surface area contributed by atoms with Crippen LogP contribution in [0, 0.1) is 17.2 Å². The Hall–Kier alpha value is -2.00. The number of aromatic nitrogens is 2. The van der Waals surface area contributed by atoms with Crippen molar-refractivity contribution in [1.29, 1.82) is 5.26 Å². The van der Waals surface area contributed by atoms with Crippen LogP contribution in [0.1, 0.15) is 94.8 Å². The van der Waals surface area contributed by atoms with Crippen LogP contribution in [0.4, 0.5) is 0 Å². The molecule has 2 fully saturated rings. The van der Waals surface area contributed by atoms with Crippen molar-refractivity contribution >= 4 is 5.91 Å². The van der Waals surface area contributed by atoms with Crippen molar-refractivity contribution < 1.29 is 4.79 Å². The highest BCUT2D eigenvalue weighted by atomic mass is 16.2. The zero-order valence-electron chi connectivity index (χ0n) is 19.5. The third kappa shape index (κ3) is 6.74. The van der Waals surface area contributed by atoms with Gasteiger partial charge in [0, 0.05) is 36.9 Å². The largest absolute Gasteiger partial charge is 0.343 e. The molecule has 6 heteroatoms. The van der Waals surface area contributed by atoms with Crippen molar-refractivity contribution in [3.63, 3.8) is 0 Å². The van der Waals surface area contributed by atoms with E-state index in [0.29, 0.717) is 17.6 Å². The quantitative estimate of drug-likeness (QED) is 0.581. The Morgan fingerprint density at radius 3 is 2.55 bits per heavy atom. The summed E-state index contributed by atoms with van der Waals surface area (Å²) in [5.41, 5.74) is 2.07. The monoisotopic (exact) mass is 425 g/mol. The summed E-state index contributed by atoms with van der Waals surface area (Å²) >= 11 is 0. The number of likely N-dealkylation sites (tertiary alicyclic amines) is 1. The van der Waals surface area contributed by atoms with Gasteiger partial charge in [0.2, 0.25) is 11.7 Å². The molecular weight excluding hydrogens is 386 g/mol. The van der Waals surface area contributed by atoms with Crippen molar-refractivity contribution in [2.24, 2.45) is 5.92 Å². The van der Waals surface area contributed by atoms with Crippen LogP contribution in [-0.2, 0) is 11.2 Å². The second-order valence-corrected chi connectivity index (χ2v) is 9.16. The number of nitriles is 1. The Morgan fingerprint density at radius 2 is 1.87 bits per heavy atom. The lowest BCUT2D eigenvalue weighted by Gasteiger charge is -2.34. The number of rotatable bonds is 8. The minimum atomic E-state index is 0.139. The molecule has 1 saturated heterocycles. The van der Waals surface area contributed by atoms with Crippen LogP contribution >= 0.6 is 0 Å². The molecular formula is C25H39N5O. The molecule has 31 heavy (non-hydrogen) atoms.